The third kappa shape index (κ3) is 3.22. The average molecular weight is 361 g/mol. The lowest BCUT2D eigenvalue weighted by Crippen LogP contribution is -2.34. The maximum Gasteiger partial charge on any atom is 0.287 e. The van der Waals surface area contributed by atoms with Crippen molar-refractivity contribution >= 4 is 27.8 Å². The first-order valence-corrected chi connectivity index (χ1v) is 9.02. The predicted octanol–water partition coefficient (Wildman–Crippen LogP) is 3.96. The molecule has 138 valence electrons. The van der Waals surface area contributed by atoms with Gasteiger partial charge in [-0.25, -0.2) is 0 Å². The van der Waals surface area contributed by atoms with Gasteiger partial charge in [0.05, 0.1) is 6.04 Å². The second-order valence-corrected chi connectivity index (χ2v) is 7.05. The number of hydrogen-bond acceptors (Lipinski definition) is 3. The highest BCUT2D eigenvalue weighted by molar-refractivity contribution is 5.96. The van der Waals surface area contributed by atoms with Gasteiger partial charge in [-0.05, 0) is 37.9 Å². The zero-order valence-electron chi connectivity index (χ0n) is 15.8. The van der Waals surface area contributed by atoms with Crippen molar-refractivity contribution in [1.29, 1.82) is 0 Å². The Morgan fingerprint density at radius 2 is 1.89 bits per heavy atom. The van der Waals surface area contributed by atoms with E-state index in [0.29, 0.717) is 12.3 Å². The number of nitrogens with zero attached hydrogens (tertiary/aromatic N) is 2. The van der Waals surface area contributed by atoms with Crippen molar-refractivity contribution in [2.45, 2.75) is 6.04 Å². The number of likely N-dealkylation sites (N-methyl/N-ethyl adjacent to an activating group) is 1. The molecule has 5 nitrogen and oxygen atoms in total. The number of nitrogens with one attached hydrogen (secondary N) is 1. The molecule has 1 N–H and O–H groups in total. The Morgan fingerprint density at radius 1 is 1.15 bits per heavy atom. The van der Waals surface area contributed by atoms with Gasteiger partial charge in [-0.2, -0.15) is 0 Å². The summed E-state index contributed by atoms with van der Waals surface area (Å²) >= 11 is 0. The molecule has 0 unspecified atom stereocenters. The first-order chi connectivity index (χ1) is 13.0. The zero-order valence-corrected chi connectivity index (χ0v) is 15.8. The number of aryl methyl sites for hydroxylation is 1. The summed E-state index contributed by atoms with van der Waals surface area (Å²) in [6, 6.07) is 17.8. The number of fused-ring (bicyclic) bond motifs is 2. The summed E-state index contributed by atoms with van der Waals surface area (Å²) in [5, 5.41) is 5.17. The smallest absolute Gasteiger partial charge is 0.287 e. The van der Waals surface area contributed by atoms with E-state index < -0.39 is 0 Å². The number of aromatic nitrogens is 1. The first-order valence-electron chi connectivity index (χ1n) is 9.02. The number of carbonyl (C=O) groups excluding carboxylic acids is 1. The molecule has 4 aromatic rings. The zero-order chi connectivity index (χ0) is 19.0. The Hall–Kier alpha value is -3.05. The minimum atomic E-state index is -0.196. The minimum Gasteiger partial charge on any atom is -0.451 e. The fourth-order valence-corrected chi connectivity index (χ4v) is 3.58. The van der Waals surface area contributed by atoms with Gasteiger partial charge >= 0.3 is 0 Å². The van der Waals surface area contributed by atoms with Crippen LogP contribution >= 0.6 is 0 Å². The predicted molar refractivity (Wildman–Crippen MR) is 108 cm³/mol. The highest BCUT2D eigenvalue weighted by Gasteiger charge is 2.21. The molecule has 1 atom stereocenters. The maximum atomic E-state index is 12.6. The molecule has 1 amide bonds. The molecule has 0 aliphatic carbocycles. The van der Waals surface area contributed by atoms with Crippen molar-refractivity contribution in [3.63, 3.8) is 0 Å². The molecular weight excluding hydrogens is 338 g/mol. The monoisotopic (exact) mass is 361 g/mol. The Labute approximate surface area is 158 Å². The summed E-state index contributed by atoms with van der Waals surface area (Å²) in [5.41, 5.74) is 3.10. The second-order valence-electron chi connectivity index (χ2n) is 7.05. The van der Waals surface area contributed by atoms with E-state index in [1.54, 1.807) is 6.07 Å². The molecule has 0 aliphatic heterocycles. The molecule has 0 spiro atoms. The lowest BCUT2D eigenvalue weighted by atomic mass is 10.0. The Bertz CT molecular complexity index is 1070. The van der Waals surface area contributed by atoms with Crippen molar-refractivity contribution < 1.29 is 9.21 Å². The summed E-state index contributed by atoms with van der Waals surface area (Å²) < 4.78 is 7.80. The molecule has 27 heavy (non-hydrogen) atoms. The van der Waals surface area contributed by atoms with Crippen LogP contribution in [0.2, 0.25) is 0 Å². The first kappa shape index (κ1) is 17.4. The quantitative estimate of drug-likeness (QED) is 0.585. The van der Waals surface area contributed by atoms with Crippen LogP contribution < -0.4 is 5.32 Å². The van der Waals surface area contributed by atoms with Gasteiger partial charge in [0.15, 0.2) is 5.76 Å². The normalized spacial score (nSPS) is 12.7. The SMILES string of the molecule is CN(C)[C@H](CNC(=O)c1cc2ccccc2o1)c1cn(C)c2ccccc12. The van der Waals surface area contributed by atoms with E-state index in [4.69, 9.17) is 4.42 Å². The van der Waals surface area contributed by atoms with E-state index in [1.807, 2.05) is 57.5 Å². The van der Waals surface area contributed by atoms with Gasteiger partial charge in [0.25, 0.3) is 5.91 Å². The van der Waals surface area contributed by atoms with Gasteiger partial charge in [-0.1, -0.05) is 36.4 Å². The molecular formula is C22H23N3O2. The van der Waals surface area contributed by atoms with E-state index in [1.165, 1.54) is 16.5 Å². The van der Waals surface area contributed by atoms with E-state index in [2.05, 4.69) is 33.1 Å². The Kier molecular flexibility index (Phi) is 4.46. The van der Waals surface area contributed by atoms with Crippen LogP contribution in [0.5, 0.6) is 0 Å². The van der Waals surface area contributed by atoms with E-state index in [-0.39, 0.29) is 11.9 Å². The summed E-state index contributed by atoms with van der Waals surface area (Å²) in [7, 11) is 6.10. The van der Waals surface area contributed by atoms with Crippen molar-refractivity contribution in [1.82, 2.24) is 14.8 Å². The molecule has 2 aromatic carbocycles. The third-order valence-corrected chi connectivity index (χ3v) is 5.02. The van der Waals surface area contributed by atoms with Crippen LogP contribution in [0.1, 0.15) is 22.2 Å². The number of hydrogen-bond donors (Lipinski definition) is 1. The molecule has 0 saturated carbocycles. The Morgan fingerprint density at radius 3 is 2.67 bits per heavy atom. The number of benzene rings is 2. The van der Waals surface area contributed by atoms with E-state index in [9.17, 15) is 4.79 Å². The van der Waals surface area contributed by atoms with Crippen LogP contribution in [-0.4, -0.2) is 36.0 Å². The van der Waals surface area contributed by atoms with Crippen LogP contribution in [-0.2, 0) is 7.05 Å². The van der Waals surface area contributed by atoms with Gasteiger partial charge < -0.3 is 19.2 Å². The van der Waals surface area contributed by atoms with Crippen LogP contribution in [0.3, 0.4) is 0 Å². The second kappa shape index (κ2) is 6.93. The molecule has 2 aromatic heterocycles. The summed E-state index contributed by atoms with van der Waals surface area (Å²) in [4.78, 5) is 14.7. The molecule has 0 saturated heterocycles. The van der Waals surface area contributed by atoms with Crippen LogP contribution in [0, 0.1) is 0 Å². The van der Waals surface area contributed by atoms with Gasteiger partial charge in [0.1, 0.15) is 5.58 Å². The van der Waals surface area contributed by atoms with E-state index in [0.717, 1.165) is 11.0 Å². The molecule has 2 heterocycles. The summed E-state index contributed by atoms with van der Waals surface area (Å²) in [6.07, 6.45) is 2.14. The fourth-order valence-electron chi connectivity index (χ4n) is 3.58. The number of rotatable bonds is 5. The van der Waals surface area contributed by atoms with Gasteiger partial charge in [0.2, 0.25) is 0 Å². The van der Waals surface area contributed by atoms with Crippen molar-refractivity contribution in [2.75, 3.05) is 20.6 Å². The summed E-state index contributed by atoms with van der Waals surface area (Å²) in [6.45, 7) is 0.497. The Balaban J connectivity index is 1.57. The van der Waals surface area contributed by atoms with Crippen molar-refractivity contribution in [3.8, 4) is 0 Å². The maximum absolute atomic E-state index is 12.6. The molecule has 5 heteroatoms. The van der Waals surface area contributed by atoms with Crippen LogP contribution in [0.4, 0.5) is 0 Å². The number of para-hydroxylation sites is 2. The largest absolute Gasteiger partial charge is 0.451 e. The minimum absolute atomic E-state index is 0.0597. The van der Waals surface area contributed by atoms with Gasteiger partial charge in [-0.15, -0.1) is 0 Å². The van der Waals surface area contributed by atoms with Crippen molar-refractivity contribution in [2.24, 2.45) is 7.05 Å². The highest BCUT2D eigenvalue weighted by Crippen LogP contribution is 2.28. The lowest BCUT2D eigenvalue weighted by molar-refractivity contribution is 0.0916. The van der Waals surface area contributed by atoms with Crippen LogP contribution in [0.25, 0.3) is 21.9 Å². The topological polar surface area (TPSA) is 50.4 Å². The van der Waals surface area contributed by atoms with Gasteiger partial charge in [-0.3, -0.25) is 4.79 Å². The van der Waals surface area contributed by atoms with E-state index >= 15 is 0 Å². The molecule has 0 bridgehead atoms. The summed E-state index contributed by atoms with van der Waals surface area (Å²) in [5.74, 6) is 0.143. The fraction of sp³-hybridized carbons (Fsp3) is 0.227. The third-order valence-electron chi connectivity index (χ3n) is 5.02. The number of furan rings is 1. The number of amides is 1. The highest BCUT2D eigenvalue weighted by atomic mass is 16.3. The number of carbonyl (C=O) groups is 1. The standard InChI is InChI=1S/C22H23N3O2/c1-24(2)19(17-14-25(3)18-10-6-5-9-16(17)18)13-23-22(26)21-12-15-8-4-7-11-20(15)27-21/h4-12,14,19H,13H2,1-3H3,(H,23,26)/t19-/m1/s1. The molecule has 0 aliphatic rings. The van der Waals surface area contributed by atoms with Crippen LogP contribution in [0.15, 0.2) is 65.2 Å². The van der Waals surface area contributed by atoms with Gasteiger partial charge in [0, 0.05) is 36.1 Å². The molecule has 0 radical (unpaired) electrons. The molecule has 4 rings (SSSR count). The average Bonchev–Trinajstić information content (AvgIpc) is 3.24. The lowest BCUT2D eigenvalue weighted by Gasteiger charge is -2.24. The van der Waals surface area contributed by atoms with Crippen molar-refractivity contribution in [3.05, 3.63) is 72.1 Å². The molecule has 0 fully saturated rings.